The quantitative estimate of drug-likeness (QED) is 0.722. The van der Waals surface area contributed by atoms with Crippen LogP contribution >= 0.6 is 0 Å². The molecule has 0 bridgehead atoms. The SMILES string of the molecule is CCCNS(=O)(=O)c1ccc(CCC(=O)NCc2ccccc2)cc1. The molecule has 0 atom stereocenters. The Labute approximate surface area is 149 Å². The molecule has 5 nitrogen and oxygen atoms in total. The van der Waals surface area contributed by atoms with Crippen molar-refractivity contribution < 1.29 is 13.2 Å². The fourth-order valence-electron chi connectivity index (χ4n) is 2.30. The molecule has 0 unspecified atom stereocenters. The third-order valence-corrected chi connectivity index (χ3v) is 5.23. The van der Waals surface area contributed by atoms with Crippen molar-refractivity contribution in [2.24, 2.45) is 0 Å². The van der Waals surface area contributed by atoms with Gasteiger partial charge in [-0.05, 0) is 36.1 Å². The Morgan fingerprint density at radius 1 is 0.960 bits per heavy atom. The lowest BCUT2D eigenvalue weighted by atomic mass is 10.1. The second-order valence-electron chi connectivity index (χ2n) is 5.80. The second-order valence-corrected chi connectivity index (χ2v) is 7.57. The Bertz CT molecular complexity index is 772. The fourth-order valence-corrected chi connectivity index (χ4v) is 3.43. The third kappa shape index (κ3) is 6.32. The molecule has 25 heavy (non-hydrogen) atoms. The standard InChI is InChI=1S/C19H24N2O3S/c1-2-14-21-25(23,24)18-11-8-16(9-12-18)10-13-19(22)20-15-17-6-4-3-5-7-17/h3-9,11-12,21H,2,10,13-15H2,1H3,(H,20,22). The van der Waals surface area contributed by atoms with E-state index in [1.54, 1.807) is 24.3 Å². The molecule has 0 saturated carbocycles. The van der Waals surface area contributed by atoms with E-state index in [1.807, 2.05) is 37.3 Å². The van der Waals surface area contributed by atoms with E-state index in [1.165, 1.54) is 0 Å². The van der Waals surface area contributed by atoms with Gasteiger partial charge in [0.15, 0.2) is 0 Å². The molecule has 0 aromatic heterocycles. The van der Waals surface area contributed by atoms with Crippen molar-refractivity contribution in [2.75, 3.05) is 6.54 Å². The number of aryl methyl sites for hydroxylation is 1. The van der Waals surface area contributed by atoms with Crippen LogP contribution in [0.25, 0.3) is 0 Å². The van der Waals surface area contributed by atoms with E-state index < -0.39 is 10.0 Å². The average Bonchev–Trinajstić information content (AvgIpc) is 2.64. The highest BCUT2D eigenvalue weighted by Gasteiger charge is 2.12. The van der Waals surface area contributed by atoms with E-state index in [0.29, 0.717) is 25.9 Å². The molecule has 134 valence electrons. The number of nitrogens with one attached hydrogen (secondary N) is 2. The maximum absolute atomic E-state index is 12.0. The van der Waals surface area contributed by atoms with Gasteiger partial charge >= 0.3 is 0 Å². The first-order valence-electron chi connectivity index (χ1n) is 8.40. The lowest BCUT2D eigenvalue weighted by Gasteiger charge is -2.08. The summed E-state index contributed by atoms with van der Waals surface area (Å²) >= 11 is 0. The summed E-state index contributed by atoms with van der Waals surface area (Å²) in [4.78, 5) is 12.2. The van der Waals surface area contributed by atoms with Crippen molar-refractivity contribution in [1.29, 1.82) is 0 Å². The summed E-state index contributed by atoms with van der Waals surface area (Å²) in [6, 6.07) is 16.4. The minimum Gasteiger partial charge on any atom is -0.352 e. The van der Waals surface area contributed by atoms with E-state index in [9.17, 15) is 13.2 Å². The van der Waals surface area contributed by atoms with E-state index in [-0.39, 0.29) is 10.8 Å². The summed E-state index contributed by atoms with van der Waals surface area (Å²) in [6.45, 7) is 2.85. The number of hydrogen-bond acceptors (Lipinski definition) is 3. The van der Waals surface area contributed by atoms with Crippen LogP contribution in [0.4, 0.5) is 0 Å². The molecule has 2 N–H and O–H groups in total. The Morgan fingerprint density at radius 3 is 2.28 bits per heavy atom. The van der Waals surface area contributed by atoms with Gasteiger partial charge < -0.3 is 5.32 Å². The minimum absolute atomic E-state index is 0.0230. The first-order valence-corrected chi connectivity index (χ1v) is 9.89. The molecule has 1 amide bonds. The Hall–Kier alpha value is -2.18. The zero-order valence-electron chi connectivity index (χ0n) is 14.4. The smallest absolute Gasteiger partial charge is 0.240 e. The van der Waals surface area contributed by atoms with Crippen molar-refractivity contribution in [1.82, 2.24) is 10.0 Å². The molecule has 0 aliphatic rings. The highest BCUT2D eigenvalue weighted by atomic mass is 32.2. The Balaban J connectivity index is 1.82. The molecule has 0 radical (unpaired) electrons. The molecule has 0 spiro atoms. The van der Waals surface area contributed by atoms with Crippen molar-refractivity contribution in [2.45, 2.75) is 37.6 Å². The van der Waals surface area contributed by atoms with Gasteiger partial charge in [-0.1, -0.05) is 49.4 Å². The van der Waals surface area contributed by atoms with Gasteiger partial charge in [0.2, 0.25) is 15.9 Å². The van der Waals surface area contributed by atoms with Gasteiger partial charge in [-0.15, -0.1) is 0 Å². The van der Waals surface area contributed by atoms with Crippen LogP contribution in [-0.4, -0.2) is 20.9 Å². The van der Waals surface area contributed by atoms with Crippen LogP contribution in [-0.2, 0) is 27.8 Å². The third-order valence-electron chi connectivity index (χ3n) is 3.75. The number of hydrogen-bond donors (Lipinski definition) is 2. The van der Waals surface area contributed by atoms with Gasteiger partial charge in [-0.2, -0.15) is 0 Å². The monoisotopic (exact) mass is 360 g/mol. The molecule has 0 aliphatic heterocycles. The summed E-state index contributed by atoms with van der Waals surface area (Å²) in [6.07, 6.45) is 1.69. The summed E-state index contributed by atoms with van der Waals surface area (Å²) < 4.78 is 26.6. The van der Waals surface area contributed by atoms with Crippen molar-refractivity contribution in [3.63, 3.8) is 0 Å². The largest absolute Gasteiger partial charge is 0.352 e. The normalized spacial score (nSPS) is 11.2. The zero-order valence-corrected chi connectivity index (χ0v) is 15.2. The predicted octanol–water partition coefficient (Wildman–Crippen LogP) is 2.62. The van der Waals surface area contributed by atoms with Crippen LogP contribution in [0, 0.1) is 0 Å². The van der Waals surface area contributed by atoms with E-state index in [0.717, 1.165) is 17.5 Å². The number of rotatable bonds is 9. The van der Waals surface area contributed by atoms with Crippen LogP contribution in [0.15, 0.2) is 59.5 Å². The van der Waals surface area contributed by atoms with Gasteiger partial charge in [-0.3, -0.25) is 4.79 Å². The van der Waals surface area contributed by atoms with Crippen LogP contribution in [0.5, 0.6) is 0 Å². The molecule has 2 aromatic rings. The molecule has 0 aliphatic carbocycles. The maximum atomic E-state index is 12.0. The van der Waals surface area contributed by atoms with Crippen LogP contribution < -0.4 is 10.0 Å². The molecular formula is C19H24N2O3S. The summed E-state index contributed by atoms with van der Waals surface area (Å²) in [5.74, 6) is -0.0230. The second kappa shape index (κ2) is 9.34. The number of sulfonamides is 1. The van der Waals surface area contributed by atoms with Crippen molar-refractivity contribution in [3.05, 3.63) is 65.7 Å². The highest BCUT2D eigenvalue weighted by molar-refractivity contribution is 7.89. The summed E-state index contributed by atoms with van der Waals surface area (Å²) in [7, 11) is -3.44. The number of carbonyl (C=O) groups excluding carboxylic acids is 1. The van der Waals surface area contributed by atoms with Gasteiger partial charge in [0.1, 0.15) is 0 Å². The lowest BCUT2D eigenvalue weighted by Crippen LogP contribution is -2.24. The first-order chi connectivity index (χ1) is 12.0. The Morgan fingerprint density at radius 2 is 1.64 bits per heavy atom. The van der Waals surface area contributed by atoms with Crippen LogP contribution in [0.1, 0.15) is 30.9 Å². The fraction of sp³-hybridized carbons (Fsp3) is 0.316. The molecule has 2 aromatic carbocycles. The molecule has 0 heterocycles. The maximum Gasteiger partial charge on any atom is 0.240 e. The lowest BCUT2D eigenvalue weighted by molar-refractivity contribution is -0.121. The average molecular weight is 360 g/mol. The molecule has 6 heteroatoms. The molecule has 0 fully saturated rings. The van der Waals surface area contributed by atoms with E-state index >= 15 is 0 Å². The number of carbonyl (C=O) groups is 1. The minimum atomic E-state index is -3.44. The Kier molecular flexibility index (Phi) is 7.16. The van der Waals surface area contributed by atoms with E-state index in [4.69, 9.17) is 0 Å². The van der Waals surface area contributed by atoms with Gasteiger partial charge in [0.25, 0.3) is 0 Å². The molecular weight excluding hydrogens is 336 g/mol. The molecule has 2 rings (SSSR count). The zero-order chi connectivity index (χ0) is 18.1. The van der Waals surface area contributed by atoms with Gasteiger partial charge in [-0.25, -0.2) is 13.1 Å². The highest BCUT2D eigenvalue weighted by Crippen LogP contribution is 2.12. The van der Waals surface area contributed by atoms with Crippen molar-refractivity contribution >= 4 is 15.9 Å². The summed E-state index contributed by atoms with van der Waals surface area (Å²) in [5, 5.41) is 2.88. The number of amides is 1. The summed E-state index contributed by atoms with van der Waals surface area (Å²) in [5.41, 5.74) is 1.99. The van der Waals surface area contributed by atoms with Crippen LogP contribution in [0.2, 0.25) is 0 Å². The first kappa shape index (κ1) is 19.1. The van der Waals surface area contributed by atoms with Gasteiger partial charge in [0.05, 0.1) is 4.90 Å². The van der Waals surface area contributed by atoms with Gasteiger partial charge in [0, 0.05) is 19.5 Å². The molecule has 0 saturated heterocycles. The van der Waals surface area contributed by atoms with Crippen LogP contribution in [0.3, 0.4) is 0 Å². The van der Waals surface area contributed by atoms with Crippen molar-refractivity contribution in [3.8, 4) is 0 Å². The number of benzene rings is 2. The topological polar surface area (TPSA) is 75.3 Å². The predicted molar refractivity (Wildman–Crippen MR) is 98.5 cm³/mol. The van der Waals surface area contributed by atoms with E-state index in [2.05, 4.69) is 10.0 Å².